The lowest BCUT2D eigenvalue weighted by Gasteiger charge is -2.37. The molecule has 39 heavy (non-hydrogen) atoms. The summed E-state index contributed by atoms with van der Waals surface area (Å²) in [4.78, 5) is 34.0. The molecule has 206 valence electrons. The zero-order valence-corrected chi connectivity index (χ0v) is 24.0. The standard InChI is InChI=1S/C29H28N4O3.3ClH/c1-19-7-6-10-26(20(19)2)32-13-15-33(16-14-32)27-18-24(29(35)36)23-17-22(11-12-25(23)31-27)30-28(34)21-8-4-3-5-9-21;;;/h3-12,17-18H,13-16H2,1-2H3,(H,30,34)(H,35,36);3*1H. The molecule has 1 aromatic heterocycles. The number of carboxylic acid groups (broad SMARTS) is 1. The van der Waals surface area contributed by atoms with Crippen molar-refractivity contribution in [2.75, 3.05) is 41.3 Å². The van der Waals surface area contributed by atoms with Gasteiger partial charge in [0, 0.05) is 48.5 Å². The van der Waals surface area contributed by atoms with Crippen LogP contribution in [0.2, 0.25) is 0 Å². The second-order valence-electron chi connectivity index (χ2n) is 9.08. The summed E-state index contributed by atoms with van der Waals surface area (Å²) < 4.78 is 0. The lowest BCUT2D eigenvalue weighted by atomic mass is 10.1. The molecule has 0 spiro atoms. The molecule has 10 heteroatoms. The van der Waals surface area contributed by atoms with E-state index in [0.29, 0.717) is 28.0 Å². The number of aryl methyl sites for hydroxylation is 1. The van der Waals surface area contributed by atoms with E-state index < -0.39 is 5.97 Å². The second-order valence-corrected chi connectivity index (χ2v) is 9.08. The Labute approximate surface area is 246 Å². The monoisotopic (exact) mass is 588 g/mol. The molecule has 0 aliphatic carbocycles. The van der Waals surface area contributed by atoms with Gasteiger partial charge in [0.1, 0.15) is 5.82 Å². The Morgan fingerprint density at radius 1 is 0.821 bits per heavy atom. The molecule has 0 bridgehead atoms. The molecule has 1 aliphatic heterocycles. The van der Waals surface area contributed by atoms with Gasteiger partial charge in [-0.2, -0.15) is 0 Å². The topological polar surface area (TPSA) is 85.8 Å². The van der Waals surface area contributed by atoms with Crippen molar-refractivity contribution < 1.29 is 14.7 Å². The molecule has 0 unspecified atom stereocenters. The van der Waals surface area contributed by atoms with Crippen LogP contribution >= 0.6 is 37.2 Å². The van der Waals surface area contributed by atoms with Crippen molar-refractivity contribution >= 4 is 77.2 Å². The summed E-state index contributed by atoms with van der Waals surface area (Å²) in [6, 6.07) is 22.1. The van der Waals surface area contributed by atoms with E-state index in [1.165, 1.54) is 16.8 Å². The summed E-state index contributed by atoms with van der Waals surface area (Å²) in [6.07, 6.45) is 0. The number of hydrogen-bond acceptors (Lipinski definition) is 5. The third kappa shape index (κ3) is 6.74. The Morgan fingerprint density at radius 3 is 2.15 bits per heavy atom. The maximum atomic E-state index is 12.5. The smallest absolute Gasteiger partial charge is 0.336 e. The van der Waals surface area contributed by atoms with Gasteiger partial charge in [0.25, 0.3) is 5.91 Å². The predicted octanol–water partition coefficient (Wildman–Crippen LogP) is 6.39. The highest BCUT2D eigenvalue weighted by Gasteiger charge is 2.22. The molecule has 1 saturated heterocycles. The van der Waals surface area contributed by atoms with E-state index in [0.717, 1.165) is 26.2 Å². The van der Waals surface area contributed by atoms with E-state index in [2.05, 4.69) is 47.2 Å². The maximum Gasteiger partial charge on any atom is 0.336 e. The van der Waals surface area contributed by atoms with E-state index in [4.69, 9.17) is 4.98 Å². The fraction of sp³-hybridized carbons (Fsp3) is 0.207. The Balaban J connectivity index is 0.00000178. The van der Waals surface area contributed by atoms with Crippen LogP contribution in [0.3, 0.4) is 0 Å². The number of nitrogens with zero attached hydrogens (tertiary/aromatic N) is 3. The zero-order valence-electron chi connectivity index (χ0n) is 21.6. The number of rotatable bonds is 5. The molecule has 7 nitrogen and oxygen atoms in total. The molecular weight excluding hydrogens is 559 g/mol. The summed E-state index contributed by atoms with van der Waals surface area (Å²) in [5.41, 5.74) is 5.62. The third-order valence-electron chi connectivity index (χ3n) is 6.84. The van der Waals surface area contributed by atoms with E-state index in [1.807, 2.05) is 6.07 Å². The average molecular weight is 590 g/mol. The highest BCUT2D eigenvalue weighted by Crippen LogP contribution is 2.29. The number of piperazine rings is 1. The van der Waals surface area contributed by atoms with Crippen LogP contribution in [0.15, 0.2) is 72.8 Å². The van der Waals surface area contributed by atoms with Crippen LogP contribution in [0.5, 0.6) is 0 Å². The molecule has 4 aromatic rings. The van der Waals surface area contributed by atoms with Gasteiger partial charge in [0.05, 0.1) is 11.1 Å². The van der Waals surface area contributed by atoms with Gasteiger partial charge in [-0.05, 0) is 67.4 Å². The molecule has 0 radical (unpaired) electrons. The molecule has 0 saturated carbocycles. The van der Waals surface area contributed by atoms with Gasteiger partial charge in [-0.1, -0.05) is 30.3 Å². The minimum atomic E-state index is -1.02. The lowest BCUT2D eigenvalue weighted by molar-refractivity contribution is 0.0698. The molecule has 3 aromatic carbocycles. The fourth-order valence-corrected chi connectivity index (χ4v) is 4.68. The van der Waals surface area contributed by atoms with Gasteiger partial charge in [0.2, 0.25) is 0 Å². The molecule has 1 fully saturated rings. The Bertz CT molecular complexity index is 1460. The number of carboxylic acids is 1. The van der Waals surface area contributed by atoms with Crippen molar-refractivity contribution in [2.45, 2.75) is 13.8 Å². The van der Waals surface area contributed by atoms with Gasteiger partial charge in [0.15, 0.2) is 0 Å². The minimum Gasteiger partial charge on any atom is -0.478 e. The Kier molecular flexibility index (Phi) is 11.0. The second kappa shape index (κ2) is 13.5. The first-order chi connectivity index (χ1) is 17.4. The molecular formula is C29H31Cl3N4O3. The van der Waals surface area contributed by atoms with Crippen molar-refractivity contribution in [3.63, 3.8) is 0 Å². The number of halogens is 3. The highest BCUT2D eigenvalue weighted by molar-refractivity contribution is 6.08. The number of aromatic nitrogens is 1. The summed E-state index contributed by atoms with van der Waals surface area (Å²) >= 11 is 0. The number of benzene rings is 3. The number of carbonyl (C=O) groups is 2. The molecule has 0 atom stereocenters. The maximum absolute atomic E-state index is 12.5. The zero-order chi connectivity index (χ0) is 25.2. The summed E-state index contributed by atoms with van der Waals surface area (Å²) in [7, 11) is 0. The number of pyridine rings is 1. The Morgan fingerprint density at radius 2 is 1.49 bits per heavy atom. The number of hydrogen-bond donors (Lipinski definition) is 2. The van der Waals surface area contributed by atoms with Crippen molar-refractivity contribution in [1.29, 1.82) is 0 Å². The first kappa shape index (κ1) is 31.7. The van der Waals surface area contributed by atoms with Crippen LogP contribution in [0.1, 0.15) is 31.8 Å². The minimum absolute atomic E-state index is 0. The molecule has 2 N–H and O–H groups in total. The predicted molar refractivity (Wildman–Crippen MR) is 165 cm³/mol. The van der Waals surface area contributed by atoms with E-state index in [-0.39, 0.29) is 48.7 Å². The van der Waals surface area contributed by atoms with Crippen LogP contribution in [0.4, 0.5) is 17.2 Å². The number of anilines is 3. The number of amides is 1. The van der Waals surface area contributed by atoms with Crippen molar-refractivity contribution in [3.05, 3.63) is 95.1 Å². The first-order valence-corrected chi connectivity index (χ1v) is 12.0. The van der Waals surface area contributed by atoms with E-state index in [9.17, 15) is 14.7 Å². The number of nitrogens with one attached hydrogen (secondary N) is 1. The van der Waals surface area contributed by atoms with Gasteiger partial charge < -0.3 is 20.2 Å². The molecule has 5 rings (SSSR count). The Hall–Kier alpha value is -3.52. The summed E-state index contributed by atoms with van der Waals surface area (Å²) in [5, 5.41) is 13.3. The van der Waals surface area contributed by atoms with Crippen LogP contribution < -0.4 is 15.1 Å². The summed E-state index contributed by atoms with van der Waals surface area (Å²) in [5.74, 6) is -0.621. The first-order valence-electron chi connectivity index (χ1n) is 12.0. The van der Waals surface area contributed by atoms with Gasteiger partial charge in [-0.15, -0.1) is 37.2 Å². The van der Waals surface area contributed by atoms with Gasteiger partial charge in [-0.25, -0.2) is 9.78 Å². The van der Waals surface area contributed by atoms with Gasteiger partial charge >= 0.3 is 5.97 Å². The van der Waals surface area contributed by atoms with Crippen molar-refractivity contribution in [1.82, 2.24) is 4.98 Å². The van der Waals surface area contributed by atoms with E-state index >= 15 is 0 Å². The van der Waals surface area contributed by atoms with Crippen molar-refractivity contribution in [2.24, 2.45) is 0 Å². The van der Waals surface area contributed by atoms with Crippen LogP contribution in [-0.2, 0) is 0 Å². The van der Waals surface area contributed by atoms with Crippen LogP contribution in [0.25, 0.3) is 10.9 Å². The lowest BCUT2D eigenvalue weighted by Crippen LogP contribution is -2.47. The normalized spacial score (nSPS) is 12.6. The van der Waals surface area contributed by atoms with Crippen molar-refractivity contribution in [3.8, 4) is 0 Å². The highest BCUT2D eigenvalue weighted by atomic mass is 35.5. The third-order valence-corrected chi connectivity index (χ3v) is 6.84. The molecule has 1 aliphatic rings. The van der Waals surface area contributed by atoms with Gasteiger partial charge in [-0.3, -0.25) is 4.79 Å². The SMILES string of the molecule is Cc1cccc(N2CCN(c3cc(C(=O)O)c4cc(NC(=O)c5ccccc5)ccc4n3)CC2)c1C.Cl.Cl.Cl. The van der Waals surface area contributed by atoms with E-state index in [1.54, 1.807) is 48.5 Å². The molecule has 2 heterocycles. The number of aromatic carboxylic acids is 1. The molecule has 1 amide bonds. The fourth-order valence-electron chi connectivity index (χ4n) is 4.68. The van der Waals surface area contributed by atoms with Crippen LogP contribution in [0, 0.1) is 13.8 Å². The number of carbonyl (C=O) groups excluding carboxylic acids is 1. The largest absolute Gasteiger partial charge is 0.478 e. The average Bonchev–Trinajstić information content (AvgIpc) is 2.90. The number of fused-ring (bicyclic) bond motifs is 1. The summed E-state index contributed by atoms with van der Waals surface area (Å²) in [6.45, 7) is 7.43. The van der Waals surface area contributed by atoms with Crippen LogP contribution in [-0.4, -0.2) is 48.1 Å². The quantitative estimate of drug-likeness (QED) is 0.280.